The number of hydrogen-bond donors (Lipinski definition) is 2. The Kier molecular flexibility index (Phi) is 2.67. The van der Waals surface area contributed by atoms with Crippen LogP contribution in [0.1, 0.15) is 10.4 Å². The molecule has 2 aliphatic heterocycles. The molecule has 0 radical (unpaired) electrons. The van der Waals surface area contributed by atoms with Gasteiger partial charge in [0.25, 0.3) is 11.7 Å². The zero-order valence-corrected chi connectivity index (χ0v) is 10.6. The summed E-state index contributed by atoms with van der Waals surface area (Å²) in [5, 5.41) is 5.57. The number of ketones is 1. The van der Waals surface area contributed by atoms with Gasteiger partial charge < -0.3 is 15.5 Å². The lowest BCUT2D eigenvalue weighted by Crippen LogP contribution is -2.47. The lowest BCUT2D eigenvalue weighted by Gasteiger charge is -2.29. The van der Waals surface area contributed by atoms with Gasteiger partial charge in [-0.15, -0.1) is 0 Å². The molecule has 2 heterocycles. The van der Waals surface area contributed by atoms with Gasteiger partial charge in [0.15, 0.2) is 0 Å². The lowest BCUT2D eigenvalue weighted by molar-refractivity contribution is -0.120. The van der Waals surface area contributed by atoms with Crippen LogP contribution in [0.4, 0.5) is 11.4 Å². The van der Waals surface area contributed by atoms with Crippen molar-refractivity contribution in [3.63, 3.8) is 0 Å². The molecule has 3 rings (SSSR count). The Labute approximate surface area is 113 Å². The van der Waals surface area contributed by atoms with Crippen LogP contribution in [0.25, 0.3) is 0 Å². The molecule has 2 amide bonds. The van der Waals surface area contributed by atoms with Crippen LogP contribution in [-0.4, -0.2) is 37.2 Å². The molecule has 2 N–H and O–H groups in total. The van der Waals surface area contributed by atoms with Crippen molar-refractivity contribution in [1.29, 1.82) is 0 Å². The van der Waals surface area contributed by atoms with Crippen LogP contribution in [0.15, 0.2) is 12.1 Å². The molecule has 19 heavy (non-hydrogen) atoms. The highest BCUT2D eigenvalue weighted by molar-refractivity contribution is 6.52. The minimum Gasteiger partial charge on any atom is -0.359 e. The van der Waals surface area contributed by atoms with E-state index < -0.39 is 11.7 Å². The van der Waals surface area contributed by atoms with E-state index in [4.69, 9.17) is 11.6 Å². The van der Waals surface area contributed by atoms with Gasteiger partial charge in [-0.05, 0) is 12.1 Å². The third-order valence-electron chi connectivity index (χ3n) is 3.17. The number of benzene rings is 1. The number of fused-ring (bicyclic) bond motifs is 1. The first-order valence-corrected chi connectivity index (χ1v) is 6.15. The maximum atomic E-state index is 11.5. The summed E-state index contributed by atoms with van der Waals surface area (Å²) in [6.07, 6.45) is 0. The number of Topliss-reactive ketones (excluding diaryl/α,β-unsaturated/α-hetero) is 1. The van der Waals surface area contributed by atoms with Crippen molar-refractivity contribution < 1.29 is 14.4 Å². The summed E-state index contributed by atoms with van der Waals surface area (Å²) >= 11 is 6.14. The molecule has 1 aromatic carbocycles. The van der Waals surface area contributed by atoms with Gasteiger partial charge in [0.05, 0.1) is 28.5 Å². The van der Waals surface area contributed by atoms with Crippen molar-refractivity contribution in [3.8, 4) is 0 Å². The van der Waals surface area contributed by atoms with Crippen molar-refractivity contribution in [2.75, 3.05) is 29.9 Å². The Bertz CT molecular complexity index is 614. The molecule has 0 aliphatic carbocycles. The van der Waals surface area contributed by atoms with E-state index in [0.717, 1.165) is 0 Å². The topological polar surface area (TPSA) is 78.5 Å². The second kappa shape index (κ2) is 4.24. The van der Waals surface area contributed by atoms with E-state index in [1.165, 1.54) is 6.07 Å². The van der Waals surface area contributed by atoms with Gasteiger partial charge in [0.2, 0.25) is 5.91 Å². The number of nitrogens with zero attached hydrogens (tertiary/aromatic N) is 1. The number of hydrogen-bond acceptors (Lipinski definition) is 4. The second-order valence-corrected chi connectivity index (χ2v) is 4.81. The summed E-state index contributed by atoms with van der Waals surface area (Å²) in [5.41, 5.74) is 1.37. The van der Waals surface area contributed by atoms with Crippen molar-refractivity contribution in [1.82, 2.24) is 5.32 Å². The van der Waals surface area contributed by atoms with E-state index in [9.17, 15) is 14.4 Å². The van der Waals surface area contributed by atoms with E-state index >= 15 is 0 Å². The average Bonchev–Trinajstić information content (AvgIpc) is 2.65. The van der Waals surface area contributed by atoms with Gasteiger partial charge in [0, 0.05) is 13.1 Å². The number of nitrogens with one attached hydrogen (secondary N) is 2. The van der Waals surface area contributed by atoms with Crippen LogP contribution in [0, 0.1) is 0 Å². The van der Waals surface area contributed by atoms with Crippen LogP contribution in [-0.2, 0) is 9.59 Å². The molecular weight excluding hydrogens is 270 g/mol. The third-order valence-corrected chi connectivity index (χ3v) is 3.47. The third kappa shape index (κ3) is 1.94. The van der Waals surface area contributed by atoms with Crippen LogP contribution < -0.4 is 15.5 Å². The largest absolute Gasteiger partial charge is 0.359 e. The molecule has 0 atom stereocenters. The smallest absolute Gasteiger partial charge is 0.296 e. The normalized spacial score (nSPS) is 18.2. The van der Waals surface area contributed by atoms with Crippen molar-refractivity contribution >= 4 is 40.6 Å². The predicted molar refractivity (Wildman–Crippen MR) is 69.6 cm³/mol. The molecule has 0 bridgehead atoms. The minimum atomic E-state index is -0.653. The number of anilines is 2. The first-order chi connectivity index (χ1) is 9.06. The van der Waals surface area contributed by atoms with Gasteiger partial charge in [-0.1, -0.05) is 11.6 Å². The summed E-state index contributed by atoms with van der Waals surface area (Å²) in [4.78, 5) is 36.0. The first-order valence-electron chi connectivity index (χ1n) is 5.77. The Morgan fingerprint density at radius 1 is 1.21 bits per heavy atom. The van der Waals surface area contributed by atoms with Crippen molar-refractivity contribution in [3.05, 3.63) is 22.7 Å². The maximum Gasteiger partial charge on any atom is 0.296 e. The van der Waals surface area contributed by atoms with E-state index in [-0.39, 0.29) is 18.0 Å². The predicted octanol–water partition coefficient (Wildman–Crippen LogP) is 0.411. The fraction of sp³-hybridized carbons (Fsp3) is 0.250. The number of amides is 2. The number of piperazine rings is 1. The van der Waals surface area contributed by atoms with Crippen LogP contribution in [0.2, 0.25) is 5.02 Å². The molecule has 1 fully saturated rings. The molecule has 0 unspecified atom stereocenters. The zero-order valence-electron chi connectivity index (χ0n) is 9.83. The highest BCUT2D eigenvalue weighted by Gasteiger charge is 2.30. The SMILES string of the molecule is O=C1CN(c2cc3c(cc2Cl)C(=O)C(=O)N3)CCN1. The van der Waals surface area contributed by atoms with Gasteiger partial charge >= 0.3 is 0 Å². The van der Waals surface area contributed by atoms with Gasteiger partial charge in [0.1, 0.15) is 0 Å². The molecule has 6 nitrogen and oxygen atoms in total. The van der Waals surface area contributed by atoms with Gasteiger partial charge in [-0.2, -0.15) is 0 Å². The van der Waals surface area contributed by atoms with Gasteiger partial charge in [-0.3, -0.25) is 14.4 Å². The van der Waals surface area contributed by atoms with Crippen LogP contribution in [0.5, 0.6) is 0 Å². The molecule has 1 saturated heterocycles. The fourth-order valence-corrected chi connectivity index (χ4v) is 2.52. The minimum absolute atomic E-state index is 0.0806. The number of carbonyl (C=O) groups excluding carboxylic acids is 3. The quantitative estimate of drug-likeness (QED) is 0.730. The van der Waals surface area contributed by atoms with Crippen molar-refractivity contribution in [2.45, 2.75) is 0 Å². The van der Waals surface area contributed by atoms with E-state index in [1.807, 2.05) is 4.90 Å². The molecule has 0 aromatic heterocycles. The monoisotopic (exact) mass is 279 g/mol. The molecule has 0 spiro atoms. The highest BCUT2D eigenvalue weighted by atomic mass is 35.5. The van der Waals surface area contributed by atoms with Crippen LogP contribution >= 0.6 is 11.6 Å². The summed E-state index contributed by atoms with van der Waals surface area (Å²) in [6.45, 7) is 1.38. The Morgan fingerprint density at radius 3 is 2.74 bits per heavy atom. The molecule has 2 aliphatic rings. The van der Waals surface area contributed by atoms with E-state index in [0.29, 0.717) is 29.5 Å². The second-order valence-electron chi connectivity index (χ2n) is 4.40. The summed E-state index contributed by atoms with van der Waals surface area (Å²) in [6, 6.07) is 3.11. The highest BCUT2D eigenvalue weighted by Crippen LogP contribution is 2.35. The summed E-state index contributed by atoms with van der Waals surface area (Å²) in [5.74, 6) is -1.32. The van der Waals surface area contributed by atoms with E-state index in [1.54, 1.807) is 6.07 Å². The molecule has 7 heteroatoms. The Balaban J connectivity index is 2.00. The Morgan fingerprint density at radius 2 is 2.00 bits per heavy atom. The fourth-order valence-electron chi connectivity index (χ4n) is 2.24. The maximum absolute atomic E-state index is 11.5. The number of halogens is 1. The van der Waals surface area contributed by atoms with E-state index in [2.05, 4.69) is 10.6 Å². The first kappa shape index (κ1) is 12.0. The molecular formula is C12H10ClN3O3. The summed E-state index contributed by atoms with van der Waals surface area (Å²) in [7, 11) is 0. The molecule has 98 valence electrons. The lowest BCUT2D eigenvalue weighted by atomic mass is 10.1. The zero-order chi connectivity index (χ0) is 13.6. The van der Waals surface area contributed by atoms with Crippen LogP contribution in [0.3, 0.4) is 0 Å². The summed E-state index contributed by atoms with van der Waals surface area (Å²) < 4.78 is 0. The Hall–Kier alpha value is -2.08. The van der Waals surface area contributed by atoms with Crippen molar-refractivity contribution in [2.24, 2.45) is 0 Å². The molecule has 1 aromatic rings. The molecule has 0 saturated carbocycles. The number of rotatable bonds is 1. The standard InChI is InChI=1S/C12H10ClN3O3/c13-7-3-6-8(15-12(19)11(6)18)4-9(7)16-2-1-14-10(17)5-16/h3-4H,1-2,5H2,(H,14,17)(H,15,18,19). The average molecular weight is 280 g/mol. The number of carbonyl (C=O) groups is 3. The van der Waals surface area contributed by atoms with Gasteiger partial charge in [-0.25, -0.2) is 0 Å².